The number of carboxylic acid groups (broad SMARTS) is 1. The van der Waals surface area contributed by atoms with Crippen LogP contribution in [-0.2, 0) is 11.2 Å². The average molecular weight is 275 g/mol. The Morgan fingerprint density at radius 2 is 2.13 bits per heavy atom. The van der Waals surface area contributed by atoms with Crippen molar-refractivity contribution in [2.45, 2.75) is 25.7 Å². The molecule has 15 heavy (non-hydrogen) atoms. The van der Waals surface area contributed by atoms with Crippen LogP contribution in [0.2, 0.25) is 0 Å². The molecule has 0 radical (unpaired) electrons. The van der Waals surface area contributed by atoms with Crippen LogP contribution in [0.15, 0.2) is 22.7 Å². The fraction of sp³-hybridized carbons (Fsp3) is 0.364. The minimum absolute atomic E-state index is 0.148. The van der Waals surface area contributed by atoms with E-state index in [1.54, 1.807) is 18.2 Å². The van der Waals surface area contributed by atoms with Crippen molar-refractivity contribution < 1.29 is 14.3 Å². The molecule has 4 heteroatoms. The predicted octanol–water partition coefficient (Wildman–Crippen LogP) is 3.39. The lowest BCUT2D eigenvalue weighted by Crippen LogP contribution is -1.96. The van der Waals surface area contributed by atoms with Gasteiger partial charge in [0.25, 0.3) is 0 Å². The van der Waals surface area contributed by atoms with Crippen LogP contribution in [-0.4, -0.2) is 11.1 Å². The second-order valence-corrected chi connectivity index (χ2v) is 4.17. The number of hydrogen-bond acceptors (Lipinski definition) is 1. The van der Waals surface area contributed by atoms with Gasteiger partial charge in [0, 0.05) is 6.42 Å². The SMILES string of the molecule is O=C(O)CCCCc1cccc(Br)c1F. The van der Waals surface area contributed by atoms with Gasteiger partial charge in [0.15, 0.2) is 0 Å². The normalized spacial score (nSPS) is 10.3. The Kier molecular flexibility index (Phi) is 4.75. The molecule has 0 aromatic heterocycles. The summed E-state index contributed by atoms with van der Waals surface area (Å²) in [6, 6.07) is 5.15. The van der Waals surface area contributed by atoms with E-state index in [1.165, 1.54) is 0 Å². The van der Waals surface area contributed by atoms with E-state index >= 15 is 0 Å². The molecule has 2 nitrogen and oxygen atoms in total. The van der Waals surface area contributed by atoms with Crippen LogP contribution in [0, 0.1) is 5.82 Å². The highest BCUT2D eigenvalue weighted by molar-refractivity contribution is 9.10. The Morgan fingerprint density at radius 1 is 1.40 bits per heavy atom. The third kappa shape index (κ3) is 4.00. The van der Waals surface area contributed by atoms with Gasteiger partial charge >= 0.3 is 5.97 Å². The highest BCUT2D eigenvalue weighted by atomic mass is 79.9. The molecular formula is C11H12BrFO2. The minimum atomic E-state index is -0.801. The topological polar surface area (TPSA) is 37.3 Å². The summed E-state index contributed by atoms with van der Waals surface area (Å²) in [5.41, 5.74) is 0.634. The van der Waals surface area contributed by atoms with Crippen LogP contribution >= 0.6 is 15.9 Å². The number of rotatable bonds is 5. The number of aryl methyl sites for hydroxylation is 1. The second kappa shape index (κ2) is 5.85. The van der Waals surface area contributed by atoms with Gasteiger partial charge in [-0.2, -0.15) is 0 Å². The van der Waals surface area contributed by atoms with Crippen molar-refractivity contribution in [2.24, 2.45) is 0 Å². The molecule has 0 saturated heterocycles. The molecule has 0 bridgehead atoms. The maximum absolute atomic E-state index is 13.4. The van der Waals surface area contributed by atoms with Gasteiger partial charge in [-0.1, -0.05) is 12.1 Å². The van der Waals surface area contributed by atoms with Crippen LogP contribution in [0.25, 0.3) is 0 Å². The molecule has 0 aliphatic carbocycles. The van der Waals surface area contributed by atoms with Gasteiger partial charge in [-0.3, -0.25) is 4.79 Å². The Hall–Kier alpha value is -0.900. The van der Waals surface area contributed by atoms with Crippen molar-refractivity contribution >= 4 is 21.9 Å². The summed E-state index contributed by atoms with van der Waals surface area (Å²) in [4.78, 5) is 10.3. The summed E-state index contributed by atoms with van der Waals surface area (Å²) in [6.07, 6.45) is 2.01. The summed E-state index contributed by atoms with van der Waals surface area (Å²) < 4.78 is 13.9. The van der Waals surface area contributed by atoms with Crippen LogP contribution < -0.4 is 0 Å². The minimum Gasteiger partial charge on any atom is -0.481 e. The van der Waals surface area contributed by atoms with E-state index in [0.29, 0.717) is 29.3 Å². The molecule has 0 atom stereocenters. The summed E-state index contributed by atoms with van der Waals surface area (Å²) in [6.45, 7) is 0. The zero-order chi connectivity index (χ0) is 11.3. The second-order valence-electron chi connectivity index (χ2n) is 3.31. The van der Waals surface area contributed by atoms with Gasteiger partial charge in [0.1, 0.15) is 5.82 Å². The van der Waals surface area contributed by atoms with Crippen molar-refractivity contribution in [3.05, 3.63) is 34.1 Å². The first-order valence-electron chi connectivity index (χ1n) is 4.76. The van der Waals surface area contributed by atoms with Gasteiger partial charge in [0.2, 0.25) is 0 Å². The fourth-order valence-electron chi connectivity index (χ4n) is 1.33. The Morgan fingerprint density at radius 3 is 2.80 bits per heavy atom. The maximum atomic E-state index is 13.4. The highest BCUT2D eigenvalue weighted by Gasteiger charge is 2.05. The van der Waals surface area contributed by atoms with Gasteiger partial charge < -0.3 is 5.11 Å². The number of unbranched alkanes of at least 4 members (excludes halogenated alkanes) is 1. The molecule has 0 amide bonds. The molecule has 82 valence electrons. The molecule has 0 aliphatic heterocycles. The maximum Gasteiger partial charge on any atom is 0.303 e. The first-order valence-corrected chi connectivity index (χ1v) is 5.55. The Bertz CT molecular complexity index is 352. The Balaban J connectivity index is 2.44. The zero-order valence-electron chi connectivity index (χ0n) is 8.17. The first-order chi connectivity index (χ1) is 7.11. The van der Waals surface area contributed by atoms with Crippen LogP contribution in [0.4, 0.5) is 4.39 Å². The van der Waals surface area contributed by atoms with E-state index in [0.717, 1.165) is 0 Å². The molecule has 1 rings (SSSR count). The van der Waals surface area contributed by atoms with Crippen molar-refractivity contribution in [3.63, 3.8) is 0 Å². The summed E-state index contributed by atoms with van der Waals surface area (Å²) in [5.74, 6) is -1.04. The summed E-state index contributed by atoms with van der Waals surface area (Å²) in [7, 11) is 0. The average Bonchev–Trinajstić information content (AvgIpc) is 2.18. The fourth-order valence-corrected chi connectivity index (χ4v) is 1.74. The number of carbonyl (C=O) groups is 1. The first kappa shape index (κ1) is 12.2. The van der Waals surface area contributed by atoms with Crippen molar-refractivity contribution in [3.8, 4) is 0 Å². The standard InChI is InChI=1S/C11H12BrFO2/c12-9-6-3-5-8(11(9)13)4-1-2-7-10(14)15/h3,5-6H,1-2,4,7H2,(H,14,15). The Labute approximate surface area is 96.2 Å². The van der Waals surface area contributed by atoms with Crippen molar-refractivity contribution in [1.29, 1.82) is 0 Å². The quantitative estimate of drug-likeness (QED) is 0.836. The van der Waals surface area contributed by atoms with Crippen molar-refractivity contribution in [1.82, 2.24) is 0 Å². The molecule has 0 heterocycles. The van der Waals surface area contributed by atoms with Crippen LogP contribution in [0.5, 0.6) is 0 Å². The molecule has 0 spiro atoms. The van der Waals surface area contributed by atoms with Crippen LogP contribution in [0.3, 0.4) is 0 Å². The van der Waals surface area contributed by atoms with E-state index < -0.39 is 5.97 Å². The summed E-state index contributed by atoms with van der Waals surface area (Å²) >= 11 is 3.11. The number of aliphatic carboxylic acids is 1. The number of benzene rings is 1. The van der Waals surface area contributed by atoms with Gasteiger partial charge in [-0.25, -0.2) is 4.39 Å². The molecule has 1 aromatic rings. The number of halogens is 2. The molecular weight excluding hydrogens is 263 g/mol. The van der Waals surface area contributed by atoms with Gasteiger partial charge in [-0.05, 0) is 46.8 Å². The lowest BCUT2D eigenvalue weighted by Gasteiger charge is -2.03. The molecule has 0 saturated carbocycles. The molecule has 0 unspecified atom stereocenters. The van der Waals surface area contributed by atoms with E-state index in [9.17, 15) is 9.18 Å². The lowest BCUT2D eigenvalue weighted by molar-refractivity contribution is -0.137. The lowest BCUT2D eigenvalue weighted by atomic mass is 10.1. The molecule has 0 aliphatic rings. The predicted molar refractivity (Wildman–Crippen MR) is 59.3 cm³/mol. The number of carboxylic acids is 1. The third-order valence-electron chi connectivity index (χ3n) is 2.12. The molecule has 0 fully saturated rings. The van der Waals surface area contributed by atoms with E-state index in [4.69, 9.17) is 5.11 Å². The molecule has 1 aromatic carbocycles. The van der Waals surface area contributed by atoms with E-state index in [2.05, 4.69) is 15.9 Å². The van der Waals surface area contributed by atoms with Gasteiger partial charge in [-0.15, -0.1) is 0 Å². The highest BCUT2D eigenvalue weighted by Crippen LogP contribution is 2.20. The van der Waals surface area contributed by atoms with Crippen molar-refractivity contribution in [2.75, 3.05) is 0 Å². The monoisotopic (exact) mass is 274 g/mol. The van der Waals surface area contributed by atoms with Gasteiger partial charge in [0.05, 0.1) is 4.47 Å². The van der Waals surface area contributed by atoms with Crippen LogP contribution in [0.1, 0.15) is 24.8 Å². The third-order valence-corrected chi connectivity index (χ3v) is 2.73. The van der Waals surface area contributed by atoms with E-state index in [-0.39, 0.29) is 12.2 Å². The van der Waals surface area contributed by atoms with E-state index in [1.807, 2.05) is 0 Å². The largest absolute Gasteiger partial charge is 0.481 e. The number of hydrogen-bond donors (Lipinski definition) is 1. The summed E-state index contributed by atoms with van der Waals surface area (Å²) in [5, 5.41) is 8.43. The molecule has 1 N–H and O–H groups in total. The smallest absolute Gasteiger partial charge is 0.303 e. The zero-order valence-corrected chi connectivity index (χ0v) is 9.76.